The Morgan fingerprint density at radius 2 is 1.44 bits per heavy atom. The molecule has 0 unspecified atom stereocenters. The highest BCUT2D eigenvalue weighted by atomic mass is 16.7. The van der Waals surface area contributed by atoms with Crippen LogP contribution in [0, 0.1) is 0 Å². The van der Waals surface area contributed by atoms with Gasteiger partial charge in [-0.05, 0) is 19.3 Å². The highest BCUT2D eigenvalue weighted by molar-refractivity contribution is 4.53. The van der Waals surface area contributed by atoms with E-state index in [9.17, 15) is 0 Å². The third kappa shape index (κ3) is 7.17. The van der Waals surface area contributed by atoms with Crippen LogP contribution in [0.25, 0.3) is 0 Å². The van der Waals surface area contributed by atoms with Gasteiger partial charge in [-0.1, -0.05) is 32.1 Å². The lowest BCUT2D eigenvalue weighted by molar-refractivity contribution is -0.0480. The molecule has 0 aromatic heterocycles. The molecule has 0 spiro atoms. The Balaban J connectivity index is 1.71. The summed E-state index contributed by atoms with van der Waals surface area (Å²) in [6.45, 7) is 2.23. The van der Waals surface area contributed by atoms with Crippen LogP contribution in [0.1, 0.15) is 51.4 Å². The number of hydrogen-bond donors (Lipinski definition) is 1. The van der Waals surface area contributed by atoms with E-state index < -0.39 is 0 Å². The zero-order valence-electron chi connectivity index (χ0n) is 10.2. The summed E-state index contributed by atoms with van der Waals surface area (Å²) in [5, 5.41) is 0. The molecule has 4 heteroatoms. The van der Waals surface area contributed by atoms with Crippen LogP contribution in [0.4, 0.5) is 0 Å². The van der Waals surface area contributed by atoms with Crippen molar-refractivity contribution in [1.82, 2.24) is 0 Å². The molecule has 0 aromatic rings. The maximum absolute atomic E-state index is 5.38. The first-order valence-corrected chi connectivity index (χ1v) is 6.48. The number of rotatable bonds is 10. The first kappa shape index (κ1) is 13.9. The Bertz CT molecular complexity index is 149. The van der Waals surface area contributed by atoms with E-state index in [1.54, 1.807) is 0 Å². The minimum atomic E-state index is 0.0849. The molecule has 0 bridgehead atoms. The largest absolute Gasteiger partial charge is 0.350 e. The van der Waals surface area contributed by atoms with Crippen molar-refractivity contribution < 1.29 is 14.3 Å². The second-order valence-electron chi connectivity index (χ2n) is 4.31. The van der Waals surface area contributed by atoms with Gasteiger partial charge in [0.15, 0.2) is 6.29 Å². The van der Waals surface area contributed by atoms with Crippen LogP contribution in [0.15, 0.2) is 0 Å². The van der Waals surface area contributed by atoms with Gasteiger partial charge in [0.2, 0.25) is 0 Å². The van der Waals surface area contributed by atoms with E-state index in [0.717, 1.165) is 26.1 Å². The minimum absolute atomic E-state index is 0.0849. The fraction of sp³-hybridized carbons (Fsp3) is 1.00. The molecule has 0 aromatic carbocycles. The van der Waals surface area contributed by atoms with E-state index in [0.29, 0.717) is 6.61 Å². The van der Waals surface area contributed by atoms with Crippen molar-refractivity contribution in [2.24, 2.45) is 5.90 Å². The molecule has 1 aliphatic heterocycles. The van der Waals surface area contributed by atoms with E-state index >= 15 is 0 Å². The molecular weight excluding hydrogens is 206 g/mol. The summed E-state index contributed by atoms with van der Waals surface area (Å²) in [7, 11) is 0. The maximum atomic E-state index is 5.38. The van der Waals surface area contributed by atoms with Crippen molar-refractivity contribution >= 4 is 0 Å². The number of nitrogens with two attached hydrogens (primary N) is 1. The molecule has 0 radical (unpaired) electrons. The lowest BCUT2D eigenvalue weighted by Crippen LogP contribution is -2.06. The molecule has 4 nitrogen and oxygen atoms in total. The van der Waals surface area contributed by atoms with Crippen LogP contribution in [0.5, 0.6) is 0 Å². The van der Waals surface area contributed by atoms with Crippen molar-refractivity contribution in [2.75, 3.05) is 19.8 Å². The summed E-state index contributed by atoms with van der Waals surface area (Å²) < 4.78 is 10.8. The summed E-state index contributed by atoms with van der Waals surface area (Å²) in [5.41, 5.74) is 0. The summed E-state index contributed by atoms with van der Waals surface area (Å²) in [6, 6.07) is 0. The molecule has 2 N–H and O–H groups in total. The smallest absolute Gasteiger partial charge is 0.157 e. The first-order valence-electron chi connectivity index (χ1n) is 6.48. The fourth-order valence-electron chi connectivity index (χ4n) is 1.95. The molecule has 1 aliphatic rings. The topological polar surface area (TPSA) is 53.7 Å². The lowest BCUT2D eigenvalue weighted by atomic mass is 10.1. The van der Waals surface area contributed by atoms with Gasteiger partial charge >= 0.3 is 0 Å². The first-order chi connectivity index (χ1) is 7.93. The summed E-state index contributed by atoms with van der Waals surface area (Å²) >= 11 is 0. The number of hydrogen-bond acceptors (Lipinski definition) is 4. The maximum Gasteiger partial charge on any atom is 0.157 e. The van der Waals surface area contributed by atoms with Gasteiger partial charge in [-0.25, -0.2) is 5.90 Å². The standard InChI is InChI=1S/C12H25NO3/c13-16-9-7-5-3-1-2-4-6-8-12-14-10-11-15-12/h12H,1-11,13H2. The van der Waals surface area contributed by atoms with Gasteiger partial charge in [0.25, 0.3) is 0 Å². The molecule has 0 amide bonds. The molecule has 1 saturated heterocycles. The van der Waals surface area contributed by atoms with Crippen molar-refractivity contribution in [3.63, 3.8) is 0 Å². The van der Waals surface area contributed by atoms with Crippen LogP contribution in [-0.2, 0) is 14.3 Å². The second-order valence-corrected chi connectivity index (χ2v) is 4.31. The Kier molecular flexibility index (Phi) is 8.71. The average Bonchev–Trinajstić information content (AvgIpc) is 2.80. The molecule has 0 aliphatic carbocycles. The van der Waals surface area contributed by atoms with Gasteiger partial charge in [0.05, 0.1) is 19.8 Å². The molecule has 0 saturated carbocycles. The quantitative estimate of drug-likeness (QED) is 0.463. The highest BCUT2D eigenvalue weighted by Crippen LogP contribution is 2.14. The van der Waals surface area contributed by atoms with E-state index in [2.05, 4.69) is 4.84 Å². The predicted octanol–water partition coefficient (Wildman–Crippen LogP) is 2.37. The molecule has 1 fully saturated rings. The van der Waals surface area contributed by atoms with Gasteiger partial charge in [-0.2, -0.15) is 0 Å². The van der Waals surface area contributed by atoms with Crippen LogP contribution in [0.2, 0.25) is 0 Å². The number of unbranched alkanes of at least 4 members (excludes halogenated alkanes) is 6. The Morgan fingerprint density at radius 1 is 0.875 bits per heavy atom. The normalized spacial score (nSPS) is 17.1. The van der Waals surface area contributed by atoms with Gasteiger partial charge < -0.3 is 14.3 Å². The van der Waals surface area contributed by atoms with Crippen molar-refractivity contribution in [2.45, 2.75) is 57.7 Å². The molecule has 96 valence electrons. The highest BCUT2D eigenvalue weighted by Gasteiger charge is 2.14. The summed E-state index contributed by atoms with van der Waals surface area (Å²) in [4.78, 5) is 4.52. The SMILES string of the molecule is NOCCCCCCCCCC1OCCO1. The molecule has 0 atom stereocenters. The minimum Gasteiger partial charge on any atom is -0.350 e. The lowest BCUT2D eigenvalue weighted by Gasteiger charge is -2.07. The third-order valence-corrected chi connectivity index (χ3v) is 2.89. The van der Waals surface area contributed by atoms with Crippen LogP contribution in [-0.4, -0.2) is 26.1 Å². The average molecular weight is 231 g/mol. The molecule has 16 heavy (non-hydrogen) atoms. The zero-order valence-corrected chi connectivity index (χ0v) is 10.2. The van der Waals surface area contributed by atoms with Crippen molar-refractivity contribution in [1.29, 1.82) is 0 Å². The third-order valence-electron chi connectivity index (χ3n) is 2.89. The van der Waals surface area contributed by atoms with E-state index in [1.165, 1.54) is 38.5 Å². The summed E-state index contributed by atoms with van der Waals surface area (Å²) in [5.74, 6) is 4.95. The van der Waals surface area contributed by atoms with E-state index in [-0.39, 0.29) is 6.29 Å². The Hall–Kier alpha value is -0.160. The monoisotopic (exact) mass is 231 g/mol. The van der Waals surface area contributed by atoms with Crippen molar-refractivity contribution in [3.05, 3.63) is 0 Å². The molecule has 1 rings (SSSR count). The number of ether oxygens (including phenoxy) is 2. The Morgan fingerprint density at radius 3 is 2.06 bits per heavy atom. The zero-order chi connectivity index (χ0) is 11.5. The molecule has 1 heterocycles. The second kappa shape index (κ2) is 10.0. The molecular formula is C12H25NO3. The predicted molar refractivity (Wildman–Crippen MR) is 62.8 cm³/mol. The summed E-state index contributed by atoms with van der Waals surface area (Å²) in [6.07, 6.45) is 9.88. The van der Waals surface area contributed by atoms with E-state index in [4.69, 9.17) is 15.4 Å². The van der Waals surface area contributed by atoms with E-state index in [1.807, 2.05) is 0 Å². The van der Waals surface area contributed by atoms with Gasteiger partial charge in [0.1, 0.15) is 0 Å². The van der Waals surface area contributed by atoms with Crippen LogP contribution in [0.3, 0.4) is 0 Å². The van der Waals surface area contributed by atoms with Crippen LogP contribution >= 0.6 is 0 Å². The van der Waals surface area contributed by atoms with Gasteiger partial charge in [-0.3, -0.25) is 0 Å². The van der Waals surface area contributed by atoms with Crippen LogP contribution < -0.4 is 5.90 Å². The van der Waals surface area contributed by atoms with Gasteiger partial charge in [0, 0.05) is 0 Å². The Labute approximate surface area is 98.4 Å². The fourth-order valence-corrected chi connectivity index (χ4v) is 1.95. The van der Waals surface area contributed by atoms with Gasteiger partial charge in [-0.15, -0.1) is 0 Å². The van der Waals surface area contributed by atoms with Crippen molar-refractivity contribution in [3.8, 4) is 0 Å².